The third-order valence-electron chi connectivity index (χ3n) is 5.39. The molecule has 4 rings (SSSR count). The lowest BCUT2D eigenvalue weighted by atomic mass is 9.80. The Morgan fingerprint density at radius 2 is 1.71 bits per heavy atom. The molecule has 1 atom stereocenters. The van der Waals surface area contributed by atoms with Gasteiger partial charge < -0.3 is 14.8 Å². The first-order chi connectivity index (χ1) is 14.9. The fraction of sp³-hybridized carbons (Fsp3) is 0.250. The van der Waals surface area contributed by atoms with Crippen molar-refractivity contribution in [1.82, 2.24) is 5.32 Å². The number of hydrogen-bond acceptors (Lipinski definition) is 5. The molecule has 7 heteroatoms. The van der Waals surface area contributed by atoms with Crippen LogP contribution in [0, 0.1) is 7.14 Å². The number of rotatable bonds is 5. The smallest absolute Gasteiger partial charge is 0.336 e. The molecule has 0 aromatic heterocycles. The average Bonchev–Trinajstić information content (AvgIpc) is 3.02. The van der Waals surface area contributed by atoms with Crippen molar-refractivity contribution in [2.75, 3.05) is 13.2 Å². The SMILES string of the molecule is CCOC(=O)C1=C(C)NC2=C(C(=O)c3ccccc32)[C@@H]1c1cc(I)c(OCC)c(I)c1. The summed E-state index contributed by atoms with van der Waals surface area (Å²) in [7, 11) is 0. The Hall–Kier alpha value is -1.88. The van der Waals surface area contributed by atoms with Gasteiger partial charge in [-0.2, -0.15) is 0 Å². The minimum atomic E-state index is -0.520. The van der Waals surface area contributed by atoms with Crippen LogP contribution in [0.15, 0.2) is 53.2 Å². The van der Waals surface area contributed by atoms with E-state index in [1.54, 1.807) is 6.92 Å². The Balaban J connectivity index is 1.94. The Kier molecular flexibility index (Phi) is 6.43. The molecule has 0 bridgehead atoms. The van der Waals surface area contributed by atoms with E-state index in [9.17, 15) is 9.59 Å². The fourth-order valence-electron chi connectivity index (χ4n) is 4.17. The van der Waals surface area contributed by atoms with Gasteiger partial charge >= 0.3 is 5.97 Å². The molecule has 0 amide bonds. The molecule has 1 aliphatic carbocycles. The molecule has 0 unspecified atom stereocenters. The van der Waals surface area contributed by atoms with Crippen molar-refractivity contribution in [3.63, 3.8) is 0 Å². The van der Waals surface area contributed by atoms with Crippen molar-refractivity contribution in [1.29, 1.82) is 0 Å². The summed E-state index contributed by atoms with van der Waals surface area (Å²) in [5, 5.41) is 3.32. The molecule has 0 spiro atoms. The molecule has 0 radical (unpaired) electrons. The number of carbonyl (C=O) groups is 2. The first-order valence-electron chi connectivity index (χ1n) is 10.0. The summed E-state index contributed by atoms with van der Waals surface area (Å²) in [6.07, 6.45) is 0. The lowest BCUT2D eigenvalue weighted by Crippen LogP contribution is -2.29. The summed E-state index contributed by atoms with van der Waals surface area (Å²) in [6, 6.07) is 11.5. The average molecular weight is 641 g/mol. The monoisotopic (exact) mass is 641 g/mol. The van der Waals surface area contributed by atoms with Gasteiger partial charge in [0.2, 0.25) is 0 Å². The second-order valence-corrected chi connectivity index (χ2v) is 9.55. The number of ketones is 1. The highest BCUT2D eigenvalue weighted by atomic mass is 127. The van der Waals surface area contributed by atoms with Crippen molar-refractivity contribution in [3.05, 3.63) is 77.1 Å². The highest BCUT2D eigenvalue weighted by molar-refractivity contribution is 14.1. The summed E-state index contributed by atoms with van der Waals surface area (Å²) in [4.78, 5) is 26.5. The summed E-state index contributed by atoms with van der Waals surface area (Å²) >= 11 is 4.49. The first kappa shape index (κ1) is 22.3. The number of ether oxygens (including phenoxy) is 2. The van der Waals surface area contributed by atoms with Crippen molar-refractivity contribution in [2.45, 2.75) is 26.7 Å². The molecule has 2 aliphatic rings. The number of fused-ring (bicyclic) bond motifs is 2. The third-order valence-corrected chi connectivity index (χ3v) is 6.99. The first-order valence-corrected chi connectivity index (χ1v) is 12.2. The zero-order chi connectivity index (χ0) is 22.3. The van der Waals surface area contributed by atoms with Gasteiger partial charge in [-0.3, -0.25) is 4.79 Å². The maximum absolute atomic E-state index is 13.5. The van der Waals surface area contributed by atoms with Crippen LogP contribution in [0.25, 0.3) is 5.70 Å². The third kappa shape index (κ3) is 3.79. The minimum absolute atomic E-state index is 0.0590. The second kappa shape index (κ2) is 8.93. The van der Waals surface area contributed by atoms with Gasteiger partial charge in [-0.15, -0.1) is 0 Å². The lowest BCUT2D eigenvalue weighted by molar-refractivity contribution is -0.138. The molecule has 5 nitrogen and oxygen atoms in total. The predicted octanol–water partition coefficient (Wildman–Crippen LogP) is 5.43. The molecule has 1 N–H and O–H groups in total. The molecule has 2 aromatic rings. The maximum Gasteiger partial charge on any atom is 0.336 e. The fourth-order valence-corrected chi connectivity index (χ4v) is 6.30. The van der Waals surface area contributed by atoms with E-state index in [2.05, 4.69) is 50.5 Å². The van der Waals surface area contributed by atoms with Crippen molar-refractivity contribution in [3.8, 4) is 5.75 Å². The van der Waals surface area contributed by atoms with Crippen molar-refractivity contribution < 1.29 is 19.1 Å². The van der Waals surface area contributed by atoms with Crippen LogP contribution in [0.4, 0.5) is 0 Å². The number of nitrogens with one attached hydrogen (secondary N) is 1. The van der Waals surface area contributed by atoms with E-state index in [0.717, 1.165) is 29.7 Å². The van der Waals surface area contributed by atoms with Gasteiger partial charge in [0, 0.05) is 28.3 Å². The lowest BCUT2D eigenvalue weighted by Gasteiger charge is -2.29. The van der Waals surface area contributed by atoms with Gasteiger partial charge in [0.05, 0.1) is 31.6 Å². The van der Waals surface area contributed by atoms with E-state index >= 15 is 0 Å². The van der Waals surface area contributed by atoms with E-state index in [1.165, 1.54) is 0 Å². The molecule has 1 aliphatic heterocycles. The number of benzene rings is 2. The molecule has 0 saturated heterocycles. The highest BCUT2D eigenvalue weighted by Gasteiger charge is 2.43. The summed E-state index contributed by atoms with van der Waals surface area (Å²) in [6.45, 7) is 6.42. The van der Waals surface area contributed by atoms with Crippen LogP contribution in [0.2, 0.25) is 0 Å². The molecule has 2 aromatic carbocycles. The van der Waals surface area contributed by atoms with Crippen LogP contribution in [0.3, 0.4) is 0 Å². The van der Waals surface area contributed by atoms with Gasteiger partial charge in [0.15, 0.2) is 5.78 Å². The maximum atomic E-state index is 13.5. The number of hydrogen-bond donors (Lipinski definition) is 1. The number of carbonyl (C=O) groups excluding carboxylic acids is 2. The van der Waals surface area contributed by atoms with Crippen LogP contribution in [0.1, 0.15) is 48.2 Å². The second-order valence-electron chi connectivity index (χ2n) is 7.23. The largest absolute Gasteiger partial charge is 0.492 e. The number of allylic oxidation sites excluding steroid dienone is 2. The zero-order valence-corrected chi connectivity index (χ0v) is 21.7. The number of Topliss-reactive ketones (excluding diaryl/α,β-unsaturated/α-hetero) is 1. The van der Waals surface area contributed by atoms with E-state index in [4.69, 9.17) is 9.47 Å². The van der Waals surface area contributed by atoms with E-state index in [0.29, 0.717) is 29.0 Å². The number of esters is 1. The zero-order valence-electron chi connectivity index (χ0n) is 17.3. The Morgan fingerprint density at radius 1 is 1.06 bits per heavy atom. The molecule has 0 fully saturated rings. The quantitative estimate of drug-likeness (QED) is 0.349. The molecular formula is C24H21I2NO4. The predicted molar refractivity (Wildman–Crippen MR) is 136 cm³/mol. The van der Waals surface area contributed by atoms with Gasteiger partial charge in [-0.05, 0) is 83.6 Å². The Bertz CT molecular complexity index is 1140. The van der Waals surface area contributed by atoms with E-state index in [-0.39, 0.29) is 12.4 Å². The van der Waals surface area contributed by atoms with Crippen LogP contribution in [-0.4, -0.2) is 25.0 Å². The van der Waals surface area contributed by atoms with Crippen LogP contribution >= 0.6 is 45.2 Å². The standard InChI is InChI=1S/C24H21I2NO4/c1-4-30-23-16(25)10-13(11-17(23)26)19-18(24(29)31-5-2)12(3)27-21-14-8-6-7-9-15(14)22(28)20(19)21/h6-11,19,27H,4-5H2,1-3H3/t19-/m1/s1. The van der Waals surface area contributed by atoms with Crippen molar-refractivity contribution >= 4 is 62.6 Å². The van der Waals surface area contributed by atoms with Gasteiger partial charge in [-0.25, -0.2) is 4.79 Å². The molecule has 1 heterocycles. The molecule has 160 valence electrons. The van der Waals surface area contributed by atoms with Gasteiger partial charge in [-0.1, -0.05) is 24.3 Å². The Labute approximate surface area is 208 Å². The Morgan fingerprint density at radius 3 is 2.32 bits per heavy atom. The summed E-state index contributed by atoms with van der Waals surface area (Å²) in [5.74, 6) is -0.175. The summed E-state index contributed by atoms with van der Waals surface area (Å²) < 4.78 is 13.1. The van der Waals surface area contributed by atoms with Crippen LogP contribution < -0.4 is 10.1 Å². The van der Waals surface area contributed by atoms with Gasteiger partial charge in [0.25, 0.3) is 0 Å². The van der Waals surface area contributed by atoms with Crippen LogP contribution in [-0.2, 0) is 9.53 Å². The normalized spacial score (nSPS) is 17.3. The van der Waals surface area contributed by atoms with Crippen LogP contribution in [0.5, 0.6) is 5.75 Å². The number of dihydropyridines is 1. The highest BCUT2D eigenvalue weighted by Crippen LogP contribution is 2.47. The van der Waals surface area contributed by atoms with Gasteiger partial charge in [0.1, 0.15) is 5.75 Å². The minimum Gasteiger partial charge on any atom is -0.492 e. The van der Waals surface area contributed by atoms with E-state index < -0.39 is 11.9 Å². The van der Waals surface area contributed by atoms with Crippen molar-refractivity contribution in [2.24, 2.45) is 0 Å². The molecular weight excluding hydrogens is 620 g/mol. The topological polar surface area (TPSA) is 64.6 Å². The number of halogens is 2. The summed E-state index contributed by atoms with van der Waals surface area (Å²) in [5.41, 5.74) is 4.92. The molecule has 31 heavy (non-hydrogen) atoms. The molecule has 0 saturated carbocycles. The van der Waals surface area contributed by atoms with E-state index in [1.807, 2.05) is 50.2 Å².